The van der Waals surface area contributed by atoms with E-state index in [1.165, 1.54) is 41.3 Å². The Morgan fingerprint density at radius 3 is 2.67 bits per heavy atom. The van der Waals surface area contributed by atoms with Gasteiger partial charge in [-0.05, 0) is 42.7 Å². The third-order valence-corrected chi connectivity index (χ3v) is 6.26. The van der Waals surface area contributed by atoms with Crippen LogP contribution in [0.25, 0.3) is 11.6 Å². The molecule has 7 nitrogen and oxygen atoms in total. The normalized spacial score (nSPS) is 14.7. The van der Waals surface area contributed by atoms with Crippen molar-refractivity contribution in [1.29, 1.82) is 0 Å². The van der Waals surface area contributed by atoms with Gasteiger partial charge in [-0.25, -0.2) is 9.07 Å². The second-order valence-corrected chi connectivity index (χ2v) is 8.32. The molecule has 2 heterocycles. The molecular weight excluding hydrogens is 405 g/mol. The molecule has 1 amide bonds. The first kappa shape index (κ1) is 20.5. The third kappa shape index (κ3) is 4.67. The maximum absolute atomic E-state index is 13.3. The number of hydrogen-bond donors (Lipinski definition) is 1. The number of hydrogen-bond acceptors (Lipinski definition) is 6. The first-order valence-electron chi connectivity index (χ1n) is 10.0. The van der Waals surface area contributed by atoms with E-state index in [0.29, 0.717) is 23.3 Å². The van der Waals surface area contributed by atoms with Crippen molar-refractivity contribution in [2.24, 2.45) is 0 Å². The van der Waals surface area contributed by atoms with Gasteiger partial charge in [-0.1, -0.05) is 43.2 Å². The Morgan fingerprint density at radius 2 is 1.97 bits per heavy atom. The van der Waals surface area contributed by atoms with Gasteiger partial charge in [-0.15, -0.1) is 10.2 Å². The number of thioether (sulfide) groups is 1. The Kier molecular flexibility index (Phi) is 6.37. The van der Waals surface area contributed by atoms with Crippen LogP contribution >= 0.6 is 11.8 Å². The smallest absolute Gasteiger partial charge is 0.233 e. The lowest BCUT2D eigenvalue weighted by Gasteiger charge is -2.34. The van der Waals surface area contributed by atoms with Crippen LogP contribution in [0.15, 0.2) is 52.2 Å². The molecule has 9 heteroatoms. The van der Waals surface area contributed by atoms with Crippen molar-refractivity contribution in [3.05, 3.63) is 54.0 Å². The van der Waals surface area contributed by atoms with Crippen LogP contribution in [-0.4, -0.2) is 37.5 Å². The van der Waals surface area contributed by atoms with Crippen LogP contribution in [0.2, 0.25) is 0 Å². The van der Waals surface area contributed by atoms with Crippen molar-refractivity contribution in [3.8, 4) is 11.6 Å². The maximum Gasteiger partial charge on any atom is 0.233 e. The zero-order valence-corrected chi connectivity index (χ0v) is 17.4. The van der Waals surface area contributed by atoms with E-state index in [1.54, 1.807) is 24.3 Å². The topological polar surface area (TPSA) is 90.2 Å². The molecule has 0 saturated heterocycles. The molecule has 0 bridgehead atoms. The molecule has 0 unspecified atom stereocenters. The number of benzene rings is 1. The summed E-state index contributed by atoms with van der Waals surface area (Å²) in [5.74, 6) is 6.95. The van der Waals surface area contributed by atoms with Crippen LogP contribution in [-0.2, 0) is 11.3 Å². The maximum atomic E-state index is 13.3. The van der Waals surface area contributed by atoms with Crippen molar-refractivity contribution in [3.63, 3.8) is 0 Å². The summed E-state index contributed by atoms with van der Waals surface area (Å²) in [4.78, 5) is 15.1. The van der Waals surface area contributed by atoms with Gasteiger partial charge < -0.3 is 15.2 Å². The van der Waals surface area contributed by atoms with Crippen molar-refractivity contribution in [1.82, 2.24) is 19.8 Å². The molecule has 2 N–H and O–H groups in total. The summed E-state index contributed by atoms with van der Waals surface area (Å²) in [5.41, 5.74) is 0.919. The average Bonchev–Trinajstić information content (AvgIpc) is 3.42. The predicted octanol–water partition coefficient (Wildman–Crippen LogP) is 3.84. The highest BCUT2D eigenvalue weighted by molar-refractivity contribution is 7.99. The number of aromatic nitrogens is 3. The molecule has 0 radical (unpaired) electrons. The zero-order chi connectivity index (χ0) is 20.9. The van der Waals surface area contributed by atoms with E-state index in [0.717, 1.165) is 31.2 Å². The largest absolute Gasteiger partial charge is 0.461 e. The summed E-state index contributed by atoms with van der Waals surface area (Å²) >= 11 is 1.25. The van der Waals surface area contributed by atoms with Gasteiger partial charge in [0, 0.05) is 12.6 Å². The first-order chi connectivity index (χ1) is 14.6. The molecular formula is C21H24FN5O2S. The molecule has 1 aliphatic carbocycles. The Labute approximate surface area is 178 Å². The first-order valence-corrected chi connectivity index (χ1v) is 11.0. The second kappa shape index (κ2) is 9.34. The van der Waals surface area contributed by atoms with Crippen LogP contribution in [0.5, 0.6) is 0 Å². The fourth-order valence-electron chi connectivity index (χ4n) is 3.76. The molecule has 3 aromatic rings. The van der Waals surface area contributed by atoms with E-state index >= 15 is 0 Å². The molecule has 0 atom stereocenters. The summed E-state index contributed by atoms with van der Waals surface area (Å²) in [5, 5.41) is 8.59. The molecule has 0 aliphatic heterocycles. The van der Waals surface area contributed by atoms with Gasteiger partial charge in [-0.3, -0.25) is 4.79 Å². The van der Waals surface area contributed by atoms with Crippen molar-refractivity contribution >= 4 is 17.7 Å². The minimum atomic E-state index is -0.278. The number of halogens is 1. The lowest BCUT2D eigenvalue weighted by atomic mass is 9.94. The van der Waals surface area contributed by atoms with E-state index in [1.807, 2.05) is 4.90 Å². The van der Waals surface area contributed by atoms with E-state index < -0.39 is 0 Å². The number of furan rings is 1. The van der Waals surface area contributed by atoms with E-state index in [4.69, 9.17) is 10.3 Å². The van der Waals surface area contributed by atoms with Crippen molar-refractivity contribution in [2.45, 2.75) is 49.8 Å². The molecule has 30 heavy (non-hydrogen) atoms. The molecule has 1 fully saturated rings. The molecule has 1 aromatic carbocycles. The number of carbonyl (C=O) groups is 1. The van der Waals surface area contributed by atoms with Gasteiger partial charge in [0.25, 0.3) is 0 Å². The monoisotopic (exact) mass is 429 g/mol. The highest BCUT2D eigenvalue weighted by atomic mass is 32.2. The number of amides is 1. The molecule has 4 rings (SSSR count). The van der Waals surface area contributed by atoms with Gasteiger partial charge >= 0.3 is 0 Å². The fourth-order valence-corrected chi connectivity index (χ4v) is 4.50. The quantitative estimate of drug-likeness (QED) is 0.453. The summed E-state index contributed by atoms with van der Waals surface area (Å²) in [6.07, 6.45) is 6.97. The summed E-state index contributed by atoms with van der Waals surface area (Å²) in [6.45, 7) is 0.470. The highest BCUT2D eigenvalue weighted by Crippen LogP contribution is 2.27. The van der Waals surface area contributed by atoms with E-state index in [2.05, 4.69) is 10.2 Å². The van der Waals surface area contributed by atoms with Gasteiger partial charge in [0.1, 0.15) is 5.82 Å². The lowest BCUT2D eigenvalue weighted by Crippen LogP contribution is -2.42. The molecule has 2 aromatic heterocycles. The number of carbonyl (C=O) groups excluding carboxylic acids is 1. The fraction of sp³-hybridized carbons (Fsp3) is 0.381. The number of nitrogen functional groups attached to an aromatic ring is 1. The number of nitrogens with zero attached hydrogens (tertiary/aromatic N) is 4. The number of nitrogens with two attached hydrogens (primary N) is 1. The van der Waals surface area contributed by atoms with Crippen LogP contribution in [0.1, 0.15) is 37.7 Å². The van der Waals surface area contributed by atoms with Crippen LogP contribution < -0.4 is 5.84 Å². The van der Waals surface area contributed by atoms with Crippen LogP contribution in [0.3, 0.4) is 0 Å². The summed E-state index contributed by atoms with van der Waals surface area (Å²) in [6, 6.07) is 10.0. The second-order valence-electron chi connectivity index (χ2n) is 7.38. The van der Waals surface area contributed by atoms with Crippen molar-refractivity contribution < 1.29 is 13.6 Å². The third-order valence-electron chi connectivity index (χ3n) is 5.33. The number of rotatable bonds is 7. The summed E-state index contributed by atoms with van der Waals surface area (Å²) in [7, 11) is 0. The summed E-state index contributed by atoms with van der Waals surface area (Å²) < 4.78 is 19.9. The van der Waals surface area contributed by atoms with Crippen LogP contribution in [0.4, 0.5) is 4.39 Å². The average molecular weight is 430 g/mol. The Bertz CT molecular complexity index is 968. The standard InChI is InChI=1S/C21H24FN5O2S/c22-16-10-8-15(9-11-16)13-26(17-5-2-1-3-6-17)19(28)14-30-21-25-24-20(27(21)23)18-7-4-12-29-18/h4,7-12,17H,1-3,5-6,13-14,23H2. The lowest BCUT2D eigenvalue weighted by molar-refractivity contribution is -0.132. The SMILES string of the molecule is Nn1c(SCC(=O)N(Cc2ccc(F)cc2)C2CCCCC2)nnc1-c1ccco1. The van der Waals surface area contributed by atoms with Gasteiger partial charge in [0.15, 0.2) is 5.76 Å². The molecule has 1 aliphatic rings. The Morgan fingerprint density at radius 1 is 1.20 bits per heavy atom. The van der Waals surface area contributed by atoms with Gasteiger partial charge in [0.2, 0.25) is 16.9 Å². The van der Waals surface area contributed by atoms with Crippen LogP contribution in [0, 0.1) is 5.82 Å². The minimum Gasteiger partial charge on any atom is -0.461 e. The zero-order valence-electron chi connectivity index (χ0n) is 16.5. The Hall–Kier alpha value is -2.81. The molecule has 158 valence electrons. The minimum absolute atomic E-state index is 0.0128. The Balaban J connectivity index is 1.45. The predicted molar refractivity (Wildman–Crippen MR) is 112 cm³/mol. The van der Waals surface area contributed by atoms with Gasteiger partial charge in [0.05, 0.1) is 12.0 Å². The van der Waals surface area contributed by atoms with Gasteiger partial charge in [-0.2, -0.15) is 0 Å². The highest BCUT2D eigenvalue weighted by Gasteiger charge is 2.26. The van der Waals surface area contributed by atoms with Crippen molar-refractivity contribution in [2.75, 3.05) is 11.6 Å². The van der Waals surface area contributed by atoms with E-state index in [-0.39, 0.29) is 23.5 Å². The van der Waals surface area contributed by atoms with E-state index in [9.17, 15) is 9.18 Å². The molecule has 0 spiro atoms. The molecule has 1 saturated carbocycles.